The van der Waals surface area contributed by atoms with Crippen LogP contribution in [0.15, 0.2) is 30.5 Å². The van der Waals surface area contributed by atoms with Gasteiger partial charge in [0.2, 0.25) is 0 Å². The second-order valence-electron chi connectivity index (χ2n) is 6.57. The largest absolute Gasteiger partial charge is 0.434 e. The number of hydrogen-bond donors (Lipinski definition) is 0. The first-order valence-corrected chi connectivity index (χ1v) is 8.71. The second kappa shape index (κ2) is 7.48. The summed E-state index contributed by atoms with van der Waals surface area (Å²) in [5, 5.41) is 3.60. The third-order valence-electron chi connectivity index (χ3n) is 4.58. The lowest BCUT2D eigenvalue weighted by Crippen LogP contribution is -2.33. The van der Waals surface area contributed by atoms with E-state index in [1.165, 1.54) is 4.90 Å². The molecule has 0 radical (unpaired) electrons. The van der Waals surface area contributed by atoms with E-state index in [1.807, 2.05) is 0 Å². The third-order valence-corrected chi connectivity index (χ3v) is 4.58. The number of aromatic nitrogens is 2. The van der Waals surface area contributed by atoms with Crippen LogP contribution in [0.4, 0.5) is 26.3 Å². The lowest BCUT2D eigenvalue weighted by Gasteiger charge is -2.21. The highest BCUT2D eigenvalue weighted by atomic mass is 19.4. The molecule has 0 unspecified atom stereocenters. The molecule has 0 N–H and O–H groups in total. The predicted octanol–water partition coefficient (Wildman–Crippen LogP) is 4.93. The van der Waals surface area contributed by atoms with Gasteiger partial charge in [0.1, 0.15) is 0 Å². The molecule has 1 saturated heterocycles. The Kier molecular flexibility index (Phi) is 5.40. The number of alkyl halides is 6. The Morgan fingerprint density at radius 3 is 2.14 bits per heavy atom. The van der Waals surface area contributed by atoms with Crippen LogP contribution in [0.1, 0.15) is 47.3 Å². The second-order valence-corrected chi connectivity index (χ2v) is 6.57. The number of amides is 1. The van der Waals surface area contributed by atoms with Gasteiger partial charge in [-0.25, -0.2) is 4.68 Å². The Labute approximate surface area is 156 Å². The van der Waals surface area contributed by atoms with Gasteiger partial charge in [0.25, 0.3) is 5.91 Å². The van der Waals surface area contributed by atoms with Crippen molar-refractivity contribution < 1.29 is 31.1 Å². The van der Waals surface area contributed by atoms with Crippen LogP contribution < -0.4 is 0 Å². The van der Waals surface area contributed by atoms with Crippen LogP contribution in [-0.4, -0.2) is 33.7 Å². The highest BCUT2D eigenvalue weighted by Crippen LogP contribution is 2.36. The summed E-state index contributed by atoms with van der Waals surface area (Å²) < 4.78 is 80.3. The highest BCUT2D eigenvalue weighted by Gasteiger charge is 2.42. The van der Waals surface area contributed by atoms with Crippen molar-refractivity contribution in [2.45, 2.75) is 38.0 Å². The number of carbonyl (C=O) groups excluding carboxylic acids is 1. The molecule has 2 aromatic rings. The van der Waals surface area contributed by atoms with Gasteiger partial charge < -0.3 is 4.90 Å². The molecule has 4 nitrogen and oxygen atoms in total. The summed E-state index contributed by atoms with van der Waals surface area (Å²) in [6, 6.07) is 3.40. The van der Waals surface area contributed by atoms with E-state index in [-0.39, 0.29) is 0 Å². The maximum absolute atomic E-state index is 13.7. The van der Waals surface area contributed by atoms with E-state index in [0.29, 0.717) is 36.7 Å². The molecule has 1 aromatic carbocycles. The van der Waals surface area contributed by atoms with Crippen LogP contribution in [-0.2, 0) is 12.4 Å². The number of hydrogen-bond acceptors (Lipinski definition) is 2. The van der Waals surface area contributed by atoms with Crippen LogP contribution in [0.25, 0.3) is 5.69 Å². The normalized spacial score (nSPS) is 16.1. The van der Waals surface area contributed by atoms with Gasteiger partial charge >= 0.3 is 12.4 Å². The average molecular weight is 405 g/mol. The standard InChI is InChI=1S/C18H17F6N3O/c19-17(20,21)12-6-5-7-13(10-12)27-15(18(22,23)24)14(11-25-27)16(28)26-8-3-1-2-4-9-26/h5-7,10-11H,1-4,8-9H2. The van der Waals surface area contributed by atoms with E-state index in [0.717, 1.165) is 37.2 Å². The summed E-state index contributed by atoms with van der Waals surface area (Å²) in [4.78, 5) is 14.0. The van der Waals surface area contributed by atoms with Crippen LogP contribution in [0.5, 0.6) is 0 Å². The molecule has 0 spiro atoms. The summed E-state index contributed by atoms with van der Waals surface area (Å²) in [6.45, 7) is 0.676. The highest BCUT2D eigenvalue weighted by molar-refractivity contribution is 5.95. The van der Waals surface area contributed by atoms with Crippen molar-refractivity contribution in [1.29, 1.82) is 0 Å². The van der Waals surface area contributed by atoms with Crippen molar-refractivity contribution in [3.05, 3.63) is 47.3 Å². The Balaban J connectivity index is 2.06. The van der Waals surface area contributed by atoms with Gasteiger partial charge in [0.05, 0.1) is 23.0 Å². The lowest BCUT2D eigenvalue weighted by molar-refractivity contribution is -0.143. The molecular formula is C18H17F6N3O. The monoisotopic (exact) mass is 405 g/mol. The smallest absolute Gasteiger partial charge is 0.339 e. The number of carbonyl (C=O) groups is 1. The van der Waals surface area contributed by atoms with Crippen molar-refractivity contribution in [2.75, 3.05) is 13.1 Å². The van der Waals surface area contributed by atoms with Gasteiger partial charge in [-0.2, -0.15) is 31.4 Å². The zero-order valence-electron chi connectivity index (χ0n) is 14.6. The van der Waals surface area contributed by atoms with E-state index >= 15 is 0 Å². The Morgan fingerprint density at radius 1 is 0.929 bits per heavy atom. The topological polar surface area (TPSA) is 38.1 Å². The molecule has 3 rings (SSSR count). The first kappa shape index (κ1) is 20.2. The first-order chi connectivity index (χ1) is 13.1. The predicted molar refractivity (Wildman–Crippen MR) is 87.9 cm³/mol. The first-order valence-electron chi connectivity index (χ1n) is 8.71. The summed E-state index contributed by atoms with van der Waals surface area (Å²) in [7, 11) is 0. The van der Waals surface area contributed by atoms with Gasteiger partial charge in [-0.1, -0.05) is 18.9 Å². The molecule has 0 bridgehead atoms. The van der Waals surface area contributed by atoms with Gasteiger partial charge in [0, 0.05) is 13.1 Å². The Hall–Kier alpha value is -2.52. The van der Waals surface area contributed by atoms with E-state index in [1.54, 1.807) is 0 Å². The fourth-order valence-electron chi connectivity index (χ4n) is 3.23. The molecule has 10 heteroatoms. The van der Waals surface area contributed by atoms with Gasteiger partial charge in [-0.3, -0.25) is 4.79 Å². The van der Waals surface area contributed by atoms with E-state index in [2.05, 4.69) is 5.10 Å². The Morgan fingerprint density at radius 2 is 1.57 bits per heavy atom. The van der Waals surface area contributed by atoms with Crippen molar-refractivity contribution >= 4 is 5.91 Å². The van der Waals surface area contributed by atoms with Gasteiger partial charge in [-0.15, -0.1) is 0 Å². The zero-order valence-corrected chi connectivity index (χ0v) is 14.6. The molecule has 28 heavy (non-hydrogen) atoms. The molecule has 1 aliphatic rings. The molecule has 2 heterocycles. The summed E-state index contributed by atoms with van der Waals surface area (Å²) >= 11 is 0. The van der Waals surface area contributed by atoms with Crippen molar-refractivity contribution in [3.63, 3.8) is 0 Å². The fraction of sp³-hybridized carbons (Fsp3) is 0.444. The third kappa shape index (κ3) is 4.15. The molecule has 1 aromatic heterocycles. The van der Waals surface area contributed by atoms with Crippen molar-refractivity contribution in [2.24, 2.45) is 0 Å². The SMILES string of the molecule is O=C(c1cnn(-c2cccc(C(F)(F)F)c2)c1C(F)(F)F)N1CCCCCC1. The molecule has 1 aliphatic heterocycles. The quantitative estimate of drug-likeness (QED) is 0.665. The summed E-state index contributed by atoms with van der Waals surface area (Å²) in [5.74, 6) is -0.813. The van der Waals surface area contributed by atoms with E-state index < -0.39 is 40.8 Å². The van der Waals surface area contributed by atoms with Gasteiger partial charge in [-0.05, 0) is 31.0 Å². The molecular weight excluding hydrogens is 388 g/mol. The molecule has 0 aliphatic carbocycles. The van der Waals surface area contributed by atoms with Crippen LogP contribution in [0.2, 0.25) is 0 Å². The Bertz CT molecular complexity index is 848. The number of nitrogens with zero attached hydrogens (tertiary/aromatic N) is 3. The van der Waals surface area contributed by atoms with E-state index in [9.17, 15) is 31.1 Å². The van der Waals surface area contributed by atoms with Crippen LogP contribution >= 0.6 is 0 Å². The zero-order chi connectivity index (χ0) is 20.5. The minimum atomic E-state index is -4.97. The van der Waals surface area contributed by atoms with E-state index in [4.69, 9.17) is 0 Å². The number of rotatable bonds is 2. The molecule has 1 amide bonds. The number of halogens is 6. The maximum atomic E-state index is 13.7. The molecule has 0 saturated carbocycles. The maximum Gasteiger partial charge on any atom is 0.434 e. The minimum Gasteiger partial charge on any atom is -0.339 e. The number of benzene rings is 1. The average Bonchev–Trinajstić information content (AvgIpc) is 2.90. The fourth-order valence-corrected chi connectivity index (χ4v) is 3.23. The molecule has 1 fully saturated rings. The number of likely N-dealkylation sites (tertiary alicyclic amines) is 1. The lowest BCUT2D eigenvalue weighted by atomic mass is 10.1. The minimum absolute atomic E-state index is 0.338. The van der Waals surface area contributed by atoms with Crippen LogP contribution in [0, 0.1) is 0 Å². The summed E-state index contributed by atoms with van der Waals surface area (Å²) in [6.07, 6.45) is -5.76. The van der Waals surface area contributed by atoms with Crippen molar-refractivity contribution in [3.8, 4) is 5.69 Å². The molecule has 152 valence electrons. The van der Waals surface area contributed by atoms with Crippen molar-refractivity contribution in [1.82, 2.24) is 14.7 Å². The summed E-state index contributed by atoms with van der Waals surface area (Å²) in [5.41, 5.74) is -3.56. The van der Waals surface area contributed by atoms with Crippen LogP contribution in [0.3, 0.4) is 0 Å². The molecule has 0 atom stereocenters. The van der Waals surface area contributed by atoms with Gasteiger partial charge in [0.15, 0.2) is 5.69 Å².